The molecule has 6 heteroatoms. The molecule has 1 aromatic carbocycles. The number of likely N-dealkylation sites (N-methyl/N-ethyl adjacent to an activating group) is 1. The third-order valence-corrected chi connectivity index (χ3v) is 2.94. The number of carbonyl (C=O) groups excluding carboxylic acids is 1. The summed E-state index contributed by atoms with van der Waals surface area (Å²) in [6.45, 7) is 0.789. The van der Waals surface area contributed by atoms with Crippen LogP contribution in [0.1, 0.15) is 5.56 Å². The zero-order valence-electron chi connectivity index (χ0n) is 11.2. The van der Waals surface area contributed by atoms with Crippen LogP contribution < -0.4 is 5.76 Å². The van der Waals surface area contributed by atoms with Crippen LogP contribution in [0.25, 0.3) is 11.1 Å². The Morgan fingerprint density at radius 1 is 1.47 bits per heavy atom. The quantitative estimate of drug-likeness (QED) is 0.762. The monoisotopic (exact) mass is 264 g/mol. The smallest absolute Gasteiger partial charge is 0.419 e. The fourth-order valence-electron chi connectivity index (χ4n) is 1.93. The van der Waals surface area contributed by atoms with E-state index in [0.29, 0.717) is 12.1 Å². The van der Waals surface area contributed by atoms with Crippen LogP contribution in [0.5, 0.6) is 0 Å². The van der Waals surface area contributed by atoms with E-state index in [-0.39, 0.29) is 18.3 Å². The lowest BCUT2D eigenvalue weighted by atomic mass is 10.2. The third kappa shape index (κ3) is 2.85. The number of nitrogens with zero attached hydrogens (tertiary/aromatic N) is 2. The molecule has 2 aromatic rings. The van der Waals surface area contributed by atoms with Gasteiger partial charge in [0.05, 0.1) is 19.2 Å². The van der Waals surface area contributed by atoms with E-state index in [1.807, 2.05) is 30.1 Å². The maximum atomic E-state index is 11.4. The Kier molecular flexibility index (Phi) is 3.71. The predicted molar refractivity (Wildman–Crippen MR) is 69.8 cm³/mol. The number of carbonyl (C=O) groups is 1. The molecule has 0 aliphatic rings. The van der Waals surface area contributed by atoms with Crippen molar-refractivity contribution in [3.05, 3.63) is 34.3 Å². The van der Waals surface area contributed by atoms with E-state index in [1.54, 1.807) is 7.05 Å². The van der Waals surface area contributed by atoms with Gasteiger partial charge in [-0.05, 0) is 24.7 Å². The van der Waals surface area contributed by atoms with Gasteiger partial charge >= 0.3 is 11.7 Å². The molecule has 0 spiro atoms. The van der Waals surface area contributed by atoms with Crippen molar-refractivity contribution in [2.45, 2.75) is 6.54 Å². The summed E-state index contributed by atoms with van der Waals surface area (Å²) in [6.07, 6.45) is 0. The molecule has 0 radical (unpaired) electrons. The number of aryl methyl sites for hydroxylation is 1. The number of ether oxygens (including phenoxy) is 1. The summed E-state index contributed by atoms with van der Waals surface area (Å²) in [5.41, 5.74) is 2.27. The number of oxazole rings is 1. The molecule has 0 fully saturated rings. The summed E-state index contributed by atoms with van der Waals surface area (Å²) in [6, 6.07) is 5.55. The van der Waals surface area contributed by atoms with Gasteiger partial charge in [0.1, 0.15) is 0 Å². The molecule has 6 nitrogen and oxygen atoms in total. The van der Waals surface area contributed by atoms with E-state index in [1.165, 1.54) is 11.7 Å². The van der Waals surface area contributed by atoms with Gasteiger partial charge in [0.2, 0.25) is 0 Å². The van der Waals surface area contributed by atoms with E-state index in [2.05, 4.69) is 4.74 Å². The second-order valence-corrected chi connectivity index (χ2v) is 4.48. The molecule has 0 unspecified atom stereocenters. The van der Waals surface area contributed by atoms with E-state index >= 15 is 0 Å². The van der Waals surface area contributed by atoms with Gasteiger partial charge in [-0.3, -0.25) is 14.3 Å². The van der Waals surface area contributed by atoms with Crippen molar-refractivity contribution in [1.82, 2.24) is 9.47 Å². The van der Waals surface area contributed by atoms with Crippen LogP contribution in [0.15, 0.2) is 27.4 Å². The van der Waals surface area contributed by atoms with E-state index < -0.39 is 0 Å². The fourth-order valence-corrected chi connectivity index (χ4v) is 1.93. The van der Waals surface area contributed by atoms with Crippen molar-refractivity contribution in [3.8, 4) is 0 Å². The van der Waals surface area contributed by atoms with E-state index in [4.69, 9.17) is 4.42 Å². The Balaban J connectivity index is 2.17. The standard InChI is InChI=1S/C13H16N2O4/c1-14(8-12(16)18-3)7-9-4-5-10-11(6-9)19-13(17)15(10)2/h4-6H,7-8H2,1-3H3. The molecule has 2 rings (SSSR count). The fraction of sp³-hybridized carbons (Fsp3) is 0.385. The van der Waals surface area contributed by atoms with Gasteiger partial charge in [-0.1, -0.05) is 6.07 Å². The van der Waals surface area contributed by atoms with Crippen molar-refractivity contribution >= 4 is 17.1 Å². The lowest BCUT2D eigenvalue weighted by Gasteiger charge is -2.14. The average Bonchev–Trinajstić information content (AvgIpc) is 2.64. The van der Waals surface area contributed by atoms with Gasteiger partial charge in [-0.2, -0.15) is 0 Å². The maximum absolute atomic E-state index is 11.4. The van der Waals surface area contributed by atoms with Gasteiger partial charge in [-0.15, -0.1) is 0 Å². The highest BCUT2D eigenvalue weighted by atomic mass is 16.5. The third-order valence-electron chi connectivity index (χ3n) is 2.94. The van der Waals surface area contributed by atoms with Gasteiger partial charge in [0.25, 0.3) is 0 Å². The molecule has 1 heterocycles. The van der Waals surface area contributed by atoms with Gasteiger partial charge < -0.3 is 9.15 Å². The minimum Gasteiger partial charge on any atom is -0.468 e. The topological polar surface area (TPSA) is 64.7 Å². The Hall–Kier alpha value is -2.08. The largest absolute Gasteiger partial charge is 0.468 e. The maximum Gasteiger partial charge on any atom is 0.419 e. The van der Waals surface area contributed by atoms with Gasteiger partial charge in [-0.25, -0.2) is 4.79 Å². The number of hydrogen-bond donors (Lipinski definition) is 0. The Morgan fingerprint density at radius 3 is 2.89 bits per heavy atom. The molecular weight excluding hydrogens is 248 g/mol. The molecular formula is C13H16N2O4. The summed E-state index contributed by atoms with van der Waals surface area (Å²) in [5.74, 6) is -0.662. The number of methoxy groups -OCH3 is 1. The molecule has 0 aliphatic heterocycles. The van der Waals surface area contributed by atoms with Crippen molar-refractivity contribution in [3.63, 3.8) is 0 Å². The first-order chi connectivity index (χ1) is 9.01. The first kappa shape index (κ1) is 13.4. The first-order valence-corrected chi connectivity index (χ1v) is 5.85. The molecule has 0 atom stereocenters. The molecule has 19 heavy (non-hydrogen) atoms. The highest BCUT2D eigenvalue weighted by molar-refractivity contribution is 5.74. The number of aromatic nitrogens is 1. The molecule has 0 saturated heterocycles. The van der Waals surface area contributed by atoms with Crippen LogP contribution >= 0.6 is 0 Å². The Bertz CT molecular complexity index is 656. The molecule has 0 amide bonds. The molecule has 0 aliphatic carbocycles. The van der Waals surface area contributed by atoms with Gasteiger partial charge in [0, 0.05) is 13.6 Å². The zero-order valence-corrected chi connectivity index (χ0v) is 11.2. The van der Waals surface area contributed by atoms with Crippen LogP contribution in [0, 0.1) is 0 Å². The molecule has 0 N–H and O–H groups in total. The summed E-state index contributed by atoms with van der Waals surface area (Å²) in [5, 5.41) is 0. The molecule has 102 valence electrons. The lowest BCUT2D eigenvalue weighted by Crippen LogP contribution is -2.26. The van der Waals surface area contributed by atoms with Crippen LogP contribution in [0.3, 0.4) is 0 Å². The predicted octanol–water partition coefficient (Wildman–Crippen LogP) is 0.736. The second kappa shape index (κ2) is 5.27. The van der Waals surface area contributed by atoms with Gasteiger partial charge in [0.15, 0.2) is 5.58 Å². The average molecular weight is 264 g/mol. The Morgan fingerprint density at radius 2 is 2.21 bits per heavy atom. The minimum absolute atomic E-state index is 0.216. The number of fused-ring (bicyclic) bond motifs is 1. The number of rotatable bonds is 4. The van der Waals surface area contributed by atoms with Crippen LogP contribution in [0.4, 0.5) is 0 Å². The van der Waals surface area contributed by atoms with Crippen molar-refractivity contribution in [1.29, 1.82) is 0 Å². The van der Waals surface area contributed by atoms with Crippen molar-refractivity contribution in [2.24, 2.45) is 7.05 Å². The van der Waals surface area contributed by atoms with Crippen LogP contribution in [-0.2, 0) is 23.1 Å². The summed E-state index contributed by atoms with van der Waals surface area (Å²) >= 11 is 0. The van der Waals surface area contributed by atoms with Crippen molar-refractivity contribution in [2.75, 3.05) is 20.7 Å². The van der Waals surface area contributed by atoms with E-state index in [0.717, 1.165) is 11.1 Å². The van der Waals surface area contributed by atoms with Crippen LogP contribution in [-0.4, -0.2) is 36.1 Å². The summed E-state index contributed by atoms with van der Waals surface area (Å²) in [4.78, 5) is 24.4. The van der Waals surface area contributed by atoms with Crippen LogP contribution in [0.2, 0.25) is 0 Å². The first-order valence-electron chi connectivity index (χ1n) is 5.85. The van der Waals surface area contributed by atoms with E-state index in [9.17, 15) is 9.59 Å². The summed E-state index contributed by atoms with van der Waals surface area (Å²) < 4.78 is 11.2. The normalized spacial score (nSPS) is 11.2. The number of benzene rings is 1. The number of hydrogen-bond acceptors (Lipinski definition) is 5. The summed E-state index contributed by atoms with van der Waals surface area (Å²) in [7, 11) is 4.85. The minimum atomic E-state index is -0.380. The highest BCUT2D eigenvalue weighted by Crippen LogP contribution is 2.15. The second-order valence-electron chi connectivity index (χ2n) is 4.48. The Labute approximate surface area is 110 Å². The molecule has 1 aromatic heterocycles. The number of esters is 1. The molecule has 0 saturated carbocycles. The lowest BCUT2D eigenvalue weighted by molar-refractivity contribution is -0.141. The van der Waals surface area contributed by atoms with Crippen molar-refractivity contribution < 1.29 is 13.9 Å². The molecule has 0 bridgehead atoms. The highest BCUT2D eigenvalue weighted by Gasteiger charge is 2.10. The zero-order chi connectivity index (χ0) is 14.0. The SMILES string of the molecule is COC(=O)CN(C)Cc1ccc2c(c1)oc(=O)n2C.